The van der Waals surface area contributed by atoms with Crippen LogP contribution in [-0.2, 0) is 6.54 Å². The van der Waals surface area contributed by atoms with Crippen LogP contribution in [0.25, 0.3) is 11.0 Å². The summed E-state index contributed by atoms with van der Waals surface area (Å²) in [5, 5.41) is 17.2. The number of halogens is 1. The molecular weight excluding hydrogens is 254 g/mol. The summed E-state index contributed by atoms with van der Waals surface area (Å²) in [5.74, 6) is -0.229. The summed E-state index contributed by atoms with van der Waals surface area (Å²) in [6.45, 7) is 0.809. The van der Waals surface area contributed by atoms with E-state index in [9.17, 15) is 4.79 Å². The maximum absolute atomic E-state index is 11.0. The van der Waals surface area contributed by atoms with Crippen molar-refractivity contribution in [3.63, 3.8) is 0 Å². The molecule has 1 N–H and O–H groups in total. The second-order valence-electron chi connectivity index (χ2n) is 4.67. The van der Waals surface area contributed by atoms with Crippen LogP contribution in [-0.4, -0.2) is 26.1 Å². The number of carboxylic acids is 1. The average Bonchev–Trinajstić information content (AvgIpc) is 3.07. The molecule has 0 spiro atoms. The SMILES string of the molecule is O=C(O)c1cc2nnn(CCC3CC3)c2cc1Cl. The van der Waals surface area contributed by atoms with Gasteiger partial charge in [0.1, 0.15) is 5.52 Å². The molecule has 0 aliphatic heterocycles. The van der Waals surface area contributed by atoms with Crippen molar-refractivity contribution in [3.05, 3.63) is 22.7 Å². The molecular formula is C12H12ClN3O2. The zero-order valence-corrected chi connectivity index (χ0v) is 10.4. The predicted molar refractivity (Wildman–Crippen MR) is 66.8 cm³/mol. The van der Waals surface area contributed by atoms with Crippen LogP contribution in [0.4, 0.5) is 0 Å². The molecule has 0 radical (unpaired) electrons. The summed E-state index contributed by atoms with van der Waals surface area (Å²) in [4.78, 5) is 11.0. The number of hydrogen-bond donors (Lipinski definition) is 1. The normalized spacial score (nSPS) is 15.2. The van der Waals surface area contributed by atoms with Crippen LogP contribution in [0, 0.1) is 5.92 Å². The van der Waals surface area contributed by atoms with Gasteiger partial charge in [0.05, 0.1) is 16.1 Å². The second-order valence-corrected chi connectivity index (χ2v) is 5.08. The van der Waals surface area contributed by atoms with Crippen LogP contribution in [0.5, 0.6) is 0 Å². The number of fused-ring (bicyclic) bond motifs is 1. The molecule has 1 saturated carbocycles. The number of nitrogens with zero attached hydrogens (tertiary/aromatic N) is 3. The number of carbonyl (C=O) groups is 1. The molecule has 0 bridgehead atoms. The van der Waals surface area contributed by atoms with Crippen molar-refractivity contribution >= 4 is 28.6 Å². The largest absolute Gasteiger partial charge is 0.478 e. The van der Waals surface area contributed by atoms with Gasteiger partial charge in [0.25, 0.3) is 0 Å². The van der Waals surface area contributed by atoms with Crippen molar-refractivity contribution in [2.75, 3.05) is 0 Å². The lowest BCUT2D eigenvalue weighted by Gasteiger charge is -2.02. The Labute approximate surface area is 108 Å². The molecule has 0 atom stereocenters. The fourth-order valence-electron chi connectivity index (χ4n) is 2.03. The van der Waals surface area contributed by atoms with Gasteiger partial charge in [0.2, 0.25) is 0 Å². The zero-order valence-electron chi connectivity index (χ0n) is 9.64. The highest BCUT2D eigenvalue weighted by atomic mass is 35.5. The van der Waals surface area contributed by atoms with E-state index in [4.69, 9.17) is 16.7 Å². The summed E-state index contributed by atoms with van der Waals surface area (Å²) in [6, 6.07) is 3.11. The number of aromatic nitrogens is 3. The molecule has 1 fully saturated rings. The molecule has 2 aromatic rings. The molecule has 1 aromatic heterocycles. The molecule has 0 saturated heterocycles. The van der Waals surface area contributed by atoms with Gasteiger partial charge in [-0.05, 0) is 24.5 Å². The van der Waals surface area contributed by atoms with Crippen LogP contribution in [0.15, 0.2) is 12.1 Å². The molecule has 1 aliphatic rings. The average molecular weight is 266 g/mol. The minimum absolute atomic E-state index is 0.0680. The third-order valence-corrected chi connectivity index (χ3v) is 3.59. The zero-order chi connectivity index (χ0) is 12.7. The van der Waals surface area contributed by atoms with E-state index in [1.807, 2.05) is 0 Å². The molecule has 1 heterocycles. The first-order valence-electron chi connectivity index (χ1n) is 5.91. The number of aromatic carboxylic acids is 1. The lowest BCUT2D eigenvalue weighted by atomic mass is 10.2. The molecule has 1 aromatic carbocycles. The lowest BCUT2D eigenvalue weighted by molar-refractivity contribution is 0.0697. The van der Waals surface area contributed by atoms with Gasteiger partial charge in [0, 0.05) is 6.54 Å². The van der Waals surface area contributed by atoms with Crippen molar-refractivity contribution in [1.29, 1.82) is 0 Å². The van der Waals surface area contributed by atoms with Gasteiger partial charge in [-0.2, -0.15) is 0 Å². The smallest absolute Gasteiger partial charge is 0.337 e. The minimum atomic E-state index is -1.05. The quantitative estimate of drug-likeness (QED) is 0.923. The highest BCUT2D eigenvalue weighted by molar-refractivity contribution is 6.34. The van der Waals surface area contributed by atoms with Crippen LogP contribution in [0.3, 0.4) is 0 Å². The summed E-state index contributed by atoms with van der Waals surface area (Å²) >= 11 is 5.95. The van der Waals surface area contributed by atoms with Gasteiger partial charge in [-0.1, -0.05) is 29.7 Å². The Hall–Kier alpha value is -1.62. The van der Waals surface area contributed by atoms with E-state index >= 15 is 0 Å². The van der Waals surface area contributed by atoms with Gasteiger partial charge in [-0.25, -0.2) is 9.48 Å². The van der Waals surface area contributed by atoms with Crippen molar-refractivity contribution in [3.8, 4) is 0 Å². The molecule has 5 nitrogen and oxygen atoms in total. The van der Waals surface area contributed by atoms with Gasteiger partial charge in [-0.3, -0.25) is 0 Å². The predicted octanol–water partition coefficient (Wildman–Crippen LogP) is 2.58. The number of hydrogen-bond acceptors (Lipinski definition) is 3. The van der Waals surface area contributed by atoms with Gasteiger partial charge >= 0.3 is 5.97 Å². The van der Waals surface area contributed by atoms with E-state index in [1.165, 1.54) is 18.9 Å². The minimum Gasteiger partial charge on any atom is -0.478 e. The van der Waals surface area contributed by atoms with E-state index in [1.54, 1.807) is 10.7 Å². The maximum Gasteiger partial charge on any atom is 0.337 e. The number of rotatable bonds is 4. The summed E-state index contributed by atoms with van der Waals surface area (Å²) in [6.07, 6.45) is 3.70. The van der Waals surface area contributed by atoms with E-state index < -0.39 is 5.97 Å². The van der Waals surface area contributed by atoms with E-state index in [0.29, 0.717) is 5.52 Å². The Morgan fingerprint density at radius 1 is 1.50 bits per heavy atom. The van der Waals surface area contributed by atoms with Crippen molar-refractivity contribution in [1.82, 2.24) is 15.0 Å². The van der Waals surface area contributed by atoms with E-state index in [-0.39, 0.29) is 10.6 Å². The van der Waals surface area contributed by atoms with E-state index in [0.717, 1.165) is 24.4 Å². The van der Waals surface area contributed by atoms with Crippen molar-refractivity contribution in [2.45, 2.75) is 25.8 Å². The third kappa shape index (κ3) is 2.06. The third-order valence-electron chi connectivity index (χ3n) is 3.28. The molecule has 94 valence electrons. The molecule has 3 rings (SSSR count). The number of carboxylic acid groups (broad SMARTS) is 1. The summed E-state index contributed by atoms with van der Waals surface area (Å²) < 4.78 is 1.80. The van der Waals surface area contributed by atoms with Crippen LogP contribution in [0.2, 0.25) is 5.02 Å². The highest BCUT2D eigenvalue weighted by Gasteiger charge is 2.21. The summed E-state index contributed by atoms with van der Waals surface area (Å²) in [5.41, 5.74) is 1.44. The molecule has 0 unspecified atom stereocenters. The van der Waals surface area contributed by atoms with Crippen LogP contribution < -0.4 is 0 Å². The van der Waals surface area contributed by atoms with Crippen molar-refractivity contribution < 1.29 is 9.90 Å². The molecule has 0 amide bonds. The topological polar surface area (TPSA) is 68.0 Å². The van der Waals surface area contributed by atoms with Gasteiger partial charge in [0.15, 0.2) is 0 Å². The van der Waals surface area contributed by atoms with Gasteiger partial charge in [-0.15, -0.1) is 5.10 Å². The fourth-order valence-corrected chi connectivity index (χ4v) is 2.27. The molecule has 18 heavy (non-hydrogen) atoms. The highest BCUT2D eigenvalue weighted by Crippen LogP contribution is 2.33. The Kier molecular flexibility index (Phi) is 2.70. The molecule has 6 heteroatoms. The van der Waals surface area contributed by atoms with Crippen LogP contribution in [0.1, 0.15) is 29.6 Å². The Bertz CT molecular complexity index is 619. The van der Waals surface area contributed by atoms with Crippen molar-refractivity contribution in [2.24, 2.45) is 5.92 Å². The standard InChI is InChI=1S/C12H12ClN3O2/c13-9-6-11-10(5-8(9)12(17)18)14-15-16(11)4-3-7-1-2-7/h5-7H,1-4H2,(H,17,18). The molecule has 1 aliphatic carbocycles. The summed E-state index contributed by atoms with van der Waals surface area (Å²) in [7, 11) is 0. The second kappa shape index (κ2) is 4.24. The number of benzene rings is 1. The Morgan fingerprint density at radius 3 is 2.94 bits per heavy atom. The van der Waals surface area contributed by atoms with E-state index in [2.05, 4.69) is 10.3 Å². The maximum atomic E-state index is 11.0. The lowest BCUT2D eigenvalue weighted by Crippen LogP contribution is -2.02. The monoisotopic (exact) mass is 265 g/mol. The first kappa shape index (κ1) is 11.5. The fraction of sp³-hybridized carbons (Fsp3) is 0.417. The Morgan fingerprint density at radius 2 is 2.28 bits per heavy atom. The first-order valence-corrected chi connectivity index (χ1v) is 6.29. The first-order chi connectivity index (χ1) is 8.65. The van der Waals surface area contributed by atoms with Crippen LogP contribution >= 0.6 is 11.6 Å². The Balaban J connectivity index is 1.96. The number of aryl methyl sites for hydroxylation is 1. The van der Waals surface area contributed by atoms with Gasteiger partial charge < -0.3 is 5.11 Å².